The number of hydrogen-bond acceptors (Lipinski definition) is 3. The summed E-state index contributed by atoms with van der Waals surface area (Å²) in [6.45, 7) is 3.12. The molecule has 3 nitrogen and oxygen atoms in total. The first-order chi connectivity index (χ1) is 11.8. The first kappa shape index (κ1) is 17.8. The molecule has 1 fully saturated rings. The lowest BCUT2D eigenvalue weighted by atomic mass is 9.86. The summed E-state index contributed by atoms with van der Waals surface area (Å²) < 4.78 is 2.28. The Bertz CT molecular complexity index is 633. The maximum absolute atomic E-state index is 5.95. The third-order valence-electron chi connectivity index (χ3n) is 4.89. The molecule has 0 bridgehead atoms. The molecule has 0 N–H and O–H groups in total. The van der Waals surface area contributed by atoms with Crippen LogP contribution < -0.4 is 0 Å². The van der Waals surface area contributed by atoms with Gasteiger partial charge in [-0.1, -0.05) is 67.6 Å². The van der Waals surface area contributed by atoms with Crippen molar-refractivity contribution in [3.05, 3.63) is 40.7 Å². The molecule has 24 heavy (non-hydrogen) atoms. The van der Waals surface area contributed by atoms with Crippen LogP contribution in [0.4, 0.5) is 0 Å². The normalized spacial score (nSPS) is 15.8. The molecule has 1 saturated carbocycles. The quantitative estimate of drug-likeness (QED) is 0.586. The summed E-state index contributed by atoms with van der Waals surface area (Å²) in [7, 11) is 0. The second kappa shape index (κ2) is 8.91. The number of nitrogens with zero attached hydrogens (tertiary/aromatic N) is 3. The van der Waals surface area contributed by atoms with Crippen LogP contribution in [0.25, 0.3) is 0 Å². The second-order valence-electron chi connectivity index (χ2n) is 6.60. The molecule has 2 aromatic rings. The molecular weight excluding hydrogens is 338 g/mol. The smallest absolute Gasteiger partial charge is 0.191 e. The van der Waals surface area contributed by atoms with Gasteiger partial charge < -0.3 is 4.57 Å². The van der Waals surface area contributed by atoms with Crippen LogP contribution >= 0.6 is 23.4 Å². The van der Waals surface area contributed by atoms with Gasteiger partial charge in [-0.15, -0.1) is 10.2 Å². The predicted octanol–water partition coefficient (Wildman–Crippen LogP) is 5.76. The van der Waals surface area contributed by atoms with Gasteiger partial charge in [-0.25, -0.2) is 0 Å². The third-order valence-corrected chi connectivity index (χ3v) is 6.18. The van der Waals surface area contributed by atoms with Crippen molar-refractivity contribution in [3.8, 4) is 0 Å². The highest BCUT2D eigenvalue weighted by Gasteiger charge is 2.16. The van der Waals surface area contributed by atoms with Crippen molar-refractivity contribution in [2.45, 2.75) is 69.3 Å². The van der Waals surface area contributed by atoms with E-state index >= 15 is 0 Å². The van der Waals surface area contributed by atoms with E-state index in [4.69, 9.17) is 11.6 Å². The SMILES string of the molecule is CCn1c(CCC2CCCCC2)nnc1SCc1ccc(Cl)cc1. The Labute approximate surface area is 154 Å². The van der Waals surface area contributed by atoms with Crippen LogP contribution in [0.15, 0.2) is 29.4 Å². The molecule has 130 valence electrons. The van der Waals surface area contributed by atoms with Crippen molar-refractivity contribution in [2.24, 2.45) is 5.92 Å². The molecule has 5 heteroatoms. The van der Waals surface area contributed by atoms with Gasteiger partial charge in [-0.05, 0) is 37.0 Å². The topological polar surface area (TPSA) is 30.7 Å². The van der Waals surface area contributed by atoms with Crippen molar-refractivity contribution in [1.82, 2.24) is 14.8 Å². The van der Waals surface area contributed by atoms with E-state index in [2.05, 4.69) is 33.8 Å². The molecule has 0 saturated heterocycles. The molecule has 0 unspecified atom stereocenters. The molecule has 1 aromatic heterocycles. The Balaban J connectivity index is 1.57. The molecule has 0 spiro atoms. The van der Waals surface area contributed by atoms with E-state index < -0.39 is 0 Å². The number of halogens is 1. The van der Waals surface area contributed by atoms with Gasteiger partial charge >= 0.3 is 0 Å². The summed E-state index contributed by atoms with van der Waals surface area (Å²) in [4.78, 5) is 0. The van der Waals surface area contributed by atoms with Crippen LogP contribution in [-0.4, -0.2) is 14.8 Å². The fourth-order valence-electron chi connectivity index (χ4n) is 3.47. The van der Waals surface area contributed by atoms with Gasteiger partial charge in [0.2, 0.25) is 0 Å². The lowest BCUT2D eigenvalue weighted by molar-refractivity contribution is 0.335. The van der Waals surface area contributed by atoms with Crippen molar-refractivity contribution >= 4 is 23.4 Å². The molecular formula is C19H26ClN3S. The molecule has 1 heterocycles. The number of benzene rings is 1. The largest absolute Gasteiger partial charge is 0.306 e. The van der Waals surface area contributed by atoms with Crippen molar-refractivity contribution < 1.29 is 0 Å². The summed E-state index contributed by atoms with van der Waals surface area (Å²) in [6, 6.07) is 8.03. The Morgan fingerprint density at radius 3 is 2.58 bits per heavy atom. The van der Waals surface area contributed by atoms with Gasteiger partial charge in [-0.3, -0.25) is 0 Å². The summed E-state index contributed by atoms with van der Waals surface area (Å²) in [6.07, 6.45) is 9.37. The molecule has 3 rings (SSSR count). The summed E-state index contributed by atoms with van der Waals surface area (Å²) in [5.74, 6) is 2.95. The van der Waals surface area contributed by atoms with Crippen LogP contribution in [0.1, 0.15) is 56.8 Å². The van der Waals surface area contributed by atoms with E-state index in [-0.39, 0.29) is 0 Å². The number of aromatic nitrogens is 3. The lowest BCUT2D eigenvalue weighted by Gasteiger charge is -2.21. The standard InChI is InChI=1S/C19H26ClN3S/c1-2-23-18(13-10-15-6-4-3-5-7-15)21-22-19(23)24-14-16-8-11-17(20)12-9-16/h8-9,11-12,15H,2-7,10,13-14H2,1H3. The molecule has 1 aliphatic rings. The molecule has 0 radical (unpaired) electrons. The minimum Gasteiger partial charge on any atom is -0.306 e. The van der Waals surface area contributed by atoms with E-state index in [1.165, 1.54) is 44.1 Å². The summed E-state index contributed by atoms with van der Waals surface area (Å²) >= 11 is 7.70. The Morgan fingerprint density at radius 2 is 1.88 bits per heavy atom. The third kappa shape index (κ3) is 4.76. The van der Waals surface area contributed by atoms with Gasteiger partial charge in [-0.2, -0.15) is 0 Å². The van der Waals surface area contributed by atoms with Crippen LogP contribution in [0.2, 0.25) is 5.02 Å². The van der Waals surface area contributed by atoms with Crippen LogP contribution in [0, 0.1) is 5.92 Å². The fourth-order valence-corrected chi connectivity index (χ4v) is 4.57. The highest BCUT2D eigenvalue weighted by molar-refractivity contribution is 7.98. The first-order valence-electron chi connectivity index (χ1n) is 9.05. The highest BCUT2D eigenvalue weighted by atomic mass is 35.5. The number of rotatable bonds is 7. The lowest BCUT2D eigenvalue weighted by Crippen LogP contribution is -2.10. The monoisotopic (exact) mass is 363 g/mol. The van der Waals surface area contributed by atoms with Crippen molar-refractivity contribution in [2.75, 3.05) is 0 Å². The zero-order valence-electron chi connectivity index (χ0n) is 14.4. The zero-order chi connectivity index (χ0) is 16.8. The summed E-state index contributed by atoms with van der Waals surface area (Å²) in [5.41, 5.74) is 1.26. The van der Waals surface area contributed by atoms with E-state index in [1.807, 2.05) is 12.1 Å². The summed E-state index contributed by atoms with van der Waals surface area (Å²) in [5, 5.41) is 10.7. The molecule has 0 amide bonds. The predicted molar refractivity (Wildman–Crippen MR) is 102 cm³/mol. The Hall–Kier alpha value is -1.00. The minimum atomic E-state index is 0.783. The Kier molecular flexibility index (Phi) is 6.61. The molecule has 0 aliphatic heterocycles. The van der Waals surface area contributed by atoms with Crippen molar-refractivity contribution in [1.29, 1.82) is 0 Å². The van der Waals surface area contributed by atoms with Crippen LogP contribution in [0.3, 0.4) is 0 Å². The van der Waals surface area contributed by atoms with Crippen LogP contribution in [-0.2, 0) is 18.7 Å². The first-order valence-corrected chi connectivity index (χ1v) is 10.4. The number of thioether (sulfide) groups is 1. The van der Waals surface area contributed by atoms with Gasteiger partial charge in [0.05, 0.1) is 0 Å². The van der Waals surface area contributed by atoms with E-state index in [0.29, 0.717) is 0 Å². The average molecular weight is 364 g/mol. The fraction of sp³-hybridized carbons (Fsp3) is 0.579. The molecule has 0 atom stereocenters. The maximum atomic E-state index is 5.95. The number of aryl methyl sites for hydroxylation is 1. The van der Waals surface area contributed by atoms with Crippen molar-refractivity contribution in [3.63, 3.8) is 0 Å². The molecule has 1 aromatic carbocycles. The van der Waals surface area contributed by atoms with E-state index in [1.54, 1.807) is 11.8 Å². The minimum absolute atomic E-state index is 0.783. The second-order valence-corrected chi connectivity index (χ2v) is 7.98. The number of hydrogen-bond donors (Lipinski definition) is 0. The van der Waals surface area contributed by atoms with Gasteiger partial charge in [0.25, 0.3) is 0 Å². The zero-order valence-corrected chi connectivity index (χ0v) is 16.0. The average Bonchev–Trinajstić information content (AvgIpc) is 3.02. The van der Waals surface area contributed by atoms with Gasteiger partial charge in [0.15, 0.2) is 5.16 Å². The van der Waals surface area contributed by atoms with Gasteiger partial charge in [0, 0.05) is 23.7 Å². The van der Waals surface area contributed by atoms with Gasteiger partial charge in [0.1, 0.15) is 5.82 Å². The Morgan fingerprint density at radius 1 is 1.12 bits per heavy atom. The maximum Gasteiger partial charge on any atom is 0.191 e. The molecule has 1 aliphatic carbocycles. The van der Waals surface area contributed by atoms with Crippen LogP contribution in [0.5, 0.6) is 0 Å². The highest BCUT2D eigenvalue weighted by Crippen LogP contribution is 2.28. The van der Waals surface area contributed by atoms with E-state index in [9.17, 15) is 0 Å². The van der Waals surface area contributed by atoms with E-state index in [0.717, 1.165) is 40.6 Å².